The summed E-state index contributed by atoms with van der Waals surface area (Å²) in [7, 11) is 0. The molecule has 0 aromatic carbocycles. The molecule has 0 bridgehead atoms. The molecule has 3 N–H and O–H groups in total. The highest BCUT2D eigenvalue weighted by Gasteiger charge is 2.43. The summed E-state index contributed by atoms with van der Waals surface area (Å²) in [6, 6.07) is 1.53. The summed E-state index contributed by atoms with van der Waals surface area (Å²) in [6.45, 7) is 3.68. The van der Waals surface area contributed by atoms with Gasteiger partial charge in [-0.25, -0.2) is 9.97 Å². The quantitative estimate of drug-likeness (QED) is 0.803. The number of carbonyl (C=O) groups excluding carboxylic acids is 1. The standard InChI is InChI=1S/C12H17ClN4O/c1-7-6-9(13)16-11(15-7)17-10(18)12(2)5-3-4-8(12)14/h6,8H,3-5,14H2,1-2H3,(H,15,16,17,18). The first kappa shape index (κ1) is 13.2. The lowest BCUT2D eigenvalue weighted by molar-refractivity contribution is -0.125. The normalized spacial score (nSPS) is 27.2. The third kappa shape index (κ3) is 2.47. The first-order valence-corrected chi connectivity index (χ1v) is 6.38. The molecule has 0 saturated heterocycles. The van der Waals surface area contributed by atoms with Crippen molar-refractivity contribution in [1.82, 2.24) is 9.97 Å². The minimum absolute atomic E-state index is 0.113. The molecule has 1 aliphatic carbocycles. The molecule has 5 nitrogen and oxygen atoms in total. The highest BCUT2D eigenvalue weighted by atomic mass is 35.5. The van der Waals surface area contributed by atoms with E-state index in [2.05, 4.69) is 15.3 Å². The number of rotatable bonds is 2. The molecule has 0 aliphatic heterocycles. The lowest BCUT2D eigenvalue weighted by Crippen LogP contribution is -2.44. The predicted molar refractivity (Wildman–Crippen MR) is 70.3 cm³/mol. The largest absolute Gasteiger partial charge is 0.327 e. The molecule has 2 rings (SSSR count). The van der Waals surface area contributed by atoms with E-state index in [1.807, 2.05) is 6.92 Å². The van der Waals surface area contributed by atoms with Crippen molar-refractivity contribution in [1.29, 1.82) is 0 Å². The number of aromatic nitrogens is 2. The van der Waals surface area contributed by atoms with Crippen molar-refractivity contribution in [2.75, 3.05) is 5.32 Å². The van der Waals surface area contributed by atoms with Crippen LogP contribution in [0.3, 0.4) is 0 Å². The van der Waals surface area contributed by atoms with Gasteiger partial charge in [-0.2, -0.15) is 0 Å². The Morgan fingerprint density at radius 1 is 1.61 bits per heavy atom. The summed E-state index contributed by atoms with van der Waals surface area (Å²) in [6.07, 6.45) is 2.64. The van der Waals surface area contributed by atoms with Gasteiger partial charge in [0.15, 0.2) is 0 Å². The molecule has 1 heterocycles. The van der Waals surface area contributed by atoms with Crippen molar-refractivity contribution >= 4 is 23.5 Å². The van der Waals surface area contributed by atoms with Crippen molar-refractivity contribution in [3.8, 4) is 0 Å². The molecule has 98 valence electrons. The summed E-state index contributed by atoms with van der Waals surface area (Å²) in [5.41, 5.74) is 6.17. The molecule has 0 spiro atoms. The van der Waals surface area contributed by atoms with E-state index in [9.17, 15) is 4.79 Å². The molecule has 1 saturated carbocycles. The smallest absolute Gasteiger partial charge is 0.234 e. The van der Waals surface area contributed by atoms with Crippen LogP contribution < -0.4 is 11.1 Å². The molecule has 2 unspecified atom stereocenters. The molecular weight excluding hydrogens is 252 g/mol. The summed E-state index contributed by atoms with van der Waals surface area (Å²) in [4.78, 5) is 20.4. The van der Waals surface area contributed by atoms with Gasteiger partial charge in [-0.1, -0.05) is 18.0 Å². The number of carbonyl (C=O) groups is 1. The number of anilines is 1. The van der Waals surface area contributed by atoms with Crippen LogP contribution in [0, 0.1) is 12.3 Å². The Morgan fingerprint density at radius 2 is 2.33 bits per heavy atom. The molecule has 0 radical (unpaired) electrons. The van der Waals surface area contributed by atoms with Crippen molar-refractivity contribution in [3.05, 3.63) is 16.9 Å². The van der Waals surface area contributed by atoms with Crippen LogP contribution >= 0.6 is 11.6 Å². The van der Waals surface area contributed by atoms with E-state index in [0.717, 1.165) is 19.3 Å². The maximum atomic E-state index is 12.3. The van der Waals surface area contributed by atoms with Gasteiger partial charge in [0.05, 0.1) is 5.41 Å². The Hall–Kier alpha value is -1.20. The zero-order chi connectivity index (χ0) is 13.3. The van der Waals surface area contributed by atoms with Gasteiger partial charge in [0, 0.05) is 11.7 Å². The lowest BCUT2D eigenvalue weighted by atomic mass is 9.84. The van der Waals surface area contributed by atoms with E-state index in [1.165, 1.54) is 0 Å². The number of amides is 1. The van der Waals surface area contributed by atoms with E-state index >= 15 is 0 Å². The van der Waals surface area contributed by atoms with Crippen LogP contribution in [-0.2, 0) is 4.79 Å². The number of aryl methyl sites for hydroxylation is 1. The van der Waals surface area contributed by atoms with Gasteiger partial charge < -0.3 is 5.73 Å². The van der Waals surface area contributed by atoms with Gasteiger partial charge in [0.25, 0.3) is 0 Å². The number of nitrogens with one attached hydrogen (secondary N) is 1. The van der Waals surface area contributed by atoms with Crippen LogP contribution in [0.15, 0.2) is 6.07 Å². The van der Waals surface area contributed by atoms with Crippen LogP contribution in [0.5, 0.6) is 0 Å². The van der Waals surface area contributed by atoms with Crippen LogP contribution in [0.1, 0.15) is 31.9 Å². The number of nitrogens with two attached hydrogens (primary N) is 1. The molecule has 1 aromatic heterocycles. The van der Waals surface area contributed by atoms with Crippen molar-refractivity contribution < 1.29 is 4.79 Å². The van der Waals surface area contributed by atoms with Gasteiger partial charge >= 0.3 is 0 Å². The van der Waals surface area contributed by atoms with Gasteiger partial charge in [-0.05, 0) is 32.8 Å². The number of nitrogens with zero attached hydrogens (tertiary/aromatic N) is 2. The van der Waals surface area contributed by atoms with Crippen molar-refractivity contribution in [2.24, 2.45) is 11.1 Å². The molecular formula is C12H17ClN4O. The molecule has 18 heavy (non-hydrogen) atoms. The SMILES string of the molecule is Cc1cc(Cl)nc(NC(=O)C2(C)CCCC2N)n1. The van der Waals surface area contributed by atoms with E-state index in [0.29, 0.717) is 10.8 Å². The Morgan fingerprint density at radius 3 is 2.89 bits per heavy atom. The van der Waals surface area contributed by atoms with Crippen LogP contribution in [-0.4, -0.2) is 21.9 Å². The van der Waals surface area contributed by atoms with E-state index < -0.39 is 5.41 Å². The molecule has 1 aliphatic rings. The number of halogens is 1. The molecule has 1 fully saturated rings. The second-order valence-electron chi connectivity index (χ2n) is 5.03. The van der Waals surface area contributed by atoms with E-state index in [4.69, 9.17) is 17.3 Å². The fraction of sp³-hybridized carbons (Fsp3) is 0.583. The Balaban J connectivity index is 2.16. The monoisotopic (exact) mass is 268 g/mol. The Kier molecular flexibility index (Phi) is 3.54. The van der Waals surface area contributed by atoms with Crippen LogP contribution in [0.4, 0.5) is 5.95 Å². The highest BCUT2D eigenvalue weighted by Crippen LogP contribution is 2.37. The molecule has 6 heteroatoms. The third-order valence-corrected chi connectivity index (χ3v) is 3.79. The summed E-state index contributed by atoms with van der Waals surface area (Å²) in [5.74, 6) is 0.111. The third-order valence-electron chi connectivity index (χ3n) is 3.60. The average molecular weight is 269 g/mol. The molecule has 1 amide bonds. The zero-order valence-corrected chi connectivity index (χ0v) is 11.3. The zero-order valence-electron chi connectivity index (χ0n) is 10.5. The van der Waals surface area contributed by atoms with Crippen molar-refractivity contribution in [3.63, 3.8) is 0 Å². The first-order chi connectivity index (χ1) is 8.41. The fourth-order valence-electron chi connectivity index (χ4n) is 2.31. The predicted octanol–water partition coefficient (Wildman–Crippen LogP) is 1.89. The van der Waals surface area contributed by atoms with Gasteiger partial charge in [-0.15, -0.1) is 0 Å². The number of hydrogen-bond donors (Lipinski definition) is 2. The van der Waals surface area contributed by atoms with Crippen molar-refractivity contribution in [2.45, 2.75) is 39.2 Å². The summed E-state index contributed by atoms with van der Waals surface area (Å²) in [5, 5.41) is 3.03. The molecule has 2 atom stereocenters. The minimum atomic E-state index is -0.542. The van der Waals surface area contributed by atoms with Crippen LogP contribution in [0.2, 0.25) is 5.15 Å². The second kappa shape index (κ2) is 4.82. The van der Waals surface area contributed by atoms with Crippen LogP contribution in [0.25, 0.3) is 0 Å². The Bertz CT molecular complexity index is 459. The average Bonchev–Trinajstić information content (AvgIpc) is 2.59. The number of hydrogen-bond acceptors (Lipinski definition) is 4. The second-order valence-corrected chi connectivity index (χ2v) is 5.41. The first-order valence-electron chi connectivity index (χ1n) is 6.00. The fourth-order valence-corrected chi connectivity index (χ4v) is 2.54. The summed E-state index contributed by atoms with van der Waals surface area (Å²) >= 11 is 5.83. The molecule has 1 aromatic rings. The maximum Gasteiger partial charge on any atom is 0.234 e. The lowest BCUT2D eigenvalue weighted by Gasteiger charge is -2.26. The summed E-state index contributed by atoms with van der Waals surface area (Å²) < 4.78 is 0. The van der Waals surface area contributed by atoms with Gasteiger partial charge in [-0.3, -0.25) is 10.1 Å². The van der Waals surface area contributed by atoms with E-state index in [-0.39, 0.29) is 17.9 Å². The topological polar surface area (TPSA) is 80.9 Å². The Labute approximate surface area is 111 Å². The highest BCUT2D eigenvalue weighted by molar-refractivity contribution is 6.29. The van der Waals surface area contributed by atoms with Gasteiger partial charge in [0.1, 0.15) is 5.15 Å². The van der Waals surface area contributed by atoms with E-state index in [1.54, 1.807) is 13.0 Å². The maximum absolute atomic E-state index is 12.3. The van der Waals surface area contributed by atoms with Gasteiger partial charge in [0.2, 0.25) is 11.9 Å². The minimum Gasteiger partial charge on any atom is -0.327 e.